The molecule has 0 saturated carbocycles. The third-order valence-electron chi connectivity index (χ3n) is 3.64. The third kappa shape index (κ3) is 3.89. The first-order valence-electron chi connectivity index (χ1n) is 7.39. The van der Waals surface area contributed by atoms with E-state index in [-0.39, 0.29) is 12.6 Å². The van der Waals surface area contributed by atoms with Crippen molar-refractivity contribution in [2.45, 2.75) is 6.04 Å². The van der Waals surface area contributed by atoms with Gasteiger partial charge in [-0.05, 0) is 29.3 Å². The van der Waals surface area contributed by atoms with Gasteiger partial charge in [0.2, 0.25) is 0 Å². The summed E-state index contributed by atoms with van der Waals surface area (Å²) in [5, 5.41) is 13.7. The Hall–Kier alpha value is -2.36. The smallest absolute Gasteiger partial charge is 0.0745 e. The highest BCUT2D eigenvalue weighted by atomic mass is 35.5. The highest BCUT2D eigenvalue weighted by Gasteiger charge is 2.10. The fourth-order valence-corrected chi connectivity index (χ4v) is 2.57. The van der Waals surface area contributed by atoms with Crippen LogP contribution in [0.3, 0.4) is 0 Å². The molecule has 1 aromatic heterocycles. The molecular formula is C19H17ClN2O. The summed E-state index contributed by atoms with van der Waals surface area (Å²) in [5.41, 5.74) is 3.94. The average Bonchev–Trinajstić information content (AvgIpc) is 2.61. The summed E-state index contributed by atoms with van der Waals surface area (Å²) in [7, 11) is 0. The third-order valence-corrected chi connectivity index (χ3v) is 3.89. The molecule has 4 heteroatoms. The van der Waals surface area contributed by atoms with Gasteiger partial charge in [-0.25, -0.2) is 0 Å². The largest absolute Gasteiger partial charge is 0.394 e. The molecule has 0 spiro atoms. The lowest BCUT2D eigenvalue weighted by Crippen LogP contribution is -2.14. The lowest BCUT2D eigenvalue weighted by molar-refractivity contribution is 0.276. The number of nitrogens with one attached hydrogen (secondary N) is 1. The molecule has 0 fully saturated rings. The molecule has 1 unspecified atom stereocenters. The number of halogens is 1. The fraction of sp³-hybridized carbons (Fsp3) is 0.105. The van der Waals surface area contributed by atoms with Crippen LogP contribution in [0.15, 0.2) is 73.1 Å². The van der Waals surface area contributed by atoms with Crippen LogP contribution in [0, 0.1) is 0 Å². The molecule has 0 bridgehead atoms. The Balaban J connectivity index is 1.83. The van der Waals surface area contributed by atoms with Crippen LogP contribution in [0.25, 0.3) is 11.1 Å². The Labute approximate surface area is 140 Å². The zero-order valence-electron chi connectivity index (χ0n) is 12.5. The summed E-state index contributed by atoms with van der Waals surface area (Å²) in [6.45, 7) is 0.00911. The second-order valence-corrected chi connectivity index (χ2v) is 5.70. The number of hydrogen-bond acceptors (Lipinski definition) is 3. The van der Waals surface area contributed by atoms with Gasteiger partial charge in [-0.15, -0.1) is 0 Å². The van der Waals surface area contributed by atoms with Crippen LogP contribution in [-0.2, 0) is 0 Å². The number of pyridine rings is 1. The number of nitrogens with zero attached hydrogens (tertiary/aromatic N) is 1. The molecule has 0 saturated heterocycles. The first kappa shape index (κ1) is 15.5. The van der Waals surface area contributed by atoms with E-state index in [0.717, 1.165) is 22.4 Å². The number of hydrogen-bond donors (Lipinski definition) is 2. The highest BCUT2D eigenvalue weighted by Crippen LogP contribution is 2.25. The predicted octanol–water partition coefficient (Wildman–Crippen LogP) is 4.55. The minimum absolute atomic E-state index is 0.00911. The Morgan fingerprint density at radius 2 is 1.70 bits per heavy atom. The van der Waals surface area contributed by atoms with Crippen molar-refractivity contribution in [2.75, 3.05) is 11.9 Å². The number of benzene rings is 2. The maximum atomic E-state index is 9.66. The number of rotatable bonds is 5. The van der Waals surface area contributed by atoms with Gasteiger partial charge in [-0.2, -0.15) is 0 Å². The summed E-state index contributed by atoms with van der Waals surface area (Å²) in [5.74, 6) is 0. The van der Waals surface area contributed by atoms with Gasteiger partial charge in [0.25, 0.3) is 0 Å². The van der Waals surface area contributed by atoms with E-state index in [0.29, 0.717) is 5.02 Å². The first-order chi connectivity index (χ1) is 11.3. The SMILES string of the molecule is OCC(Nc1cncc(-c2ccc(Cl)cc2)c1)c1ccccc1. The van der Waals surface area contributed by atoms with Crippen molar-refractivity contribution in [3.8, 4) is 11.1 Å². The zero-order chi connectivity index (χ0) is 16.1. The van der Waals surface area contributed by atoms with E-state index in [4.69, 9.17) is 11.6 Å². The Kier molecular flexibility index (Phi) is 4.91. The van der Waals surface area contributed by atoms with Crippen molar-refractivity contribution in [3.63, 3.8) is 0 Å². The Morgan fingerprint density at radius 1 is 0.957 bits per heavy atom. The molecule has 0 radical (unpaired) electrons. The lowest BCUT2D eigenvalue weighted by atomic mass is 10.1. The summed E-state index contributed by atoms with van der Waals surface area (Å²) in [4.78, 5) is 4.29. The van der Waals surface area contributed by atoms with Gasteiger partial charge in [-0.1, -0.05) is 54.1 Å². The topological polar surface area (TPSA) is 45.1 Å². The number of aliphatic hydroxyl groups is 1. The summed E-state index contributed by atoms with van der Waals surface area (Å²) in [6.07, 6.45) is 3.57. The molecule has 3 rings (SSSR count). The monoisotopic (exact) mass is 324 g/mol. The molecule has 1 atom stereocenters. The van der Waals surface area contributed by atoms with Gasteiger partial charge in [-0.3, -0.25) is 4.98 Å². The van der Waals surface area contributed by atoms with Crippen molar-refractivity contribution in [1.82, 2.24) is 4.98 Å². The van der Waals surface area contributed by atoms with E-state index in [1.165, 1.54) is 0 Å². The summed E-state index contributed by atoms with van der Waals surface area (Å²) >= 11 is 5.93. The zero-order valence-corrected chi connectivity index (χ0v) is 13.2. The van der Waals surface area contributed by atoms with Gasteiger partial charge < -0.3 is 10.4 Å². The normalized spacial score (nSPS) is 11.9. The number of aromatic nitrogens is 1. The Bertz CT molecular complexity index is 760. The quantitative estimate of drug-likeness (QED) is 0.724. The summed E-state index contributed by atoms with van der Waals surface area (Å²) in [6, 6.07) is 19.3. The van der Waals surface area contributed by atoms with Crippen LogP contribution in [0.4, 0.5) is 5.69 Å². The van der Waals surface area contributed by atoms with Gasteiger partial charge in [0.05, 0.1) is 18.3 Å². The van der Waals surface area contributed by atoms with Crippen LogP contribution in [0.2, 0.25) is 5.02 Å². The molecular weight excluding hydrogens is 308 g/mol. The molecule has 116 valence electrons. The molecule has 2 N–H and O–H groups in total. The summed E-state index contributed by atoms with van der Waals surface area (Å²) < 4.78 is 0. The average molecular weight is 325 g/mol. The van der Waals surface area contributed by atoms with Crippen molar-refractivity contribution in [1.29, 1.82) is 0 Å². The molecule has 0 amide bonds. The minimum atomic E-state index is -0.168. The maximum Gasteiger partial charge on any atom is 0.0745 e. The molecule has 2 aromatic carbocycles. The van der Waals surface area contributed by atoms with E-state index in [1.54, 1.807) is 6.20 Å². The number of anilines is 1. The number of aliphatic hydroxyl groups excluding tert-OH is 1. The minimum Gasteiger partial charge on any atom is -0.394 e. The van der Waals surface area contributed by atoms with Crippen molar-refractivity contribution in [3.05, 3.63) is 83.6 Å². The van der Waals surface area contributed by atoms with Gasteiger partial charge in [0.15, 0.2) is 0 Å². The van der Waals surface area contributed by atoms with Crippen LogP contribution in [-0.4, -0.2) is 16.7 Å². The van der Waals surface area contributed by atoms with E-state index >= 15 is 0 Å². The van der Waals surface area contributed by atoms with Crippen molar-refractivity contribution >= 4 is 17.3 Å². The van der Waals surface area contributed by atoms with E-state index < -0.39 is 0 Å². The van der Waals surface area contributed by atoms with Gasteiger partial charge in [0.1, 0.15) is 0 Å². The highest BCUT2D eigenvalue weighted by molar-refractivity contribution is 6.30. The Morgan fingerprint density at radius 3 is 2.39 bits per heavy atom. The fourth-order valence-electron chi connectivity index (χ4n) is 2.44. The molecule has 0 aliphatic rings. The second-order valence-electron chi connectivity index (χ2n) is 5.26. The van der Waals surface area contributed by atoms with Crippen LogP contribution >= 0.6 is 11.6 Å². The van der Waals surface area contributed by atoms with E-state index in [1.807, 2.05) is 66.9 Å². The van der Waals surface area contributed by atoms with Crippen molar-refractivity contribution < 1.29 is 5.11 Å². The molecule has 3 aromatic rings. The van der Waals surface area contributed by atoms with Gasteiger partial charge >= 0.3 is 0 Å². The van der Waals surface area contributed by atoms with E-state index in [2.05, 4.69) is 10.3 Å². The predicted molar refractivity (Wildman–Crippen MR) is 94.6 cm³/mol. The molecule has 1 heterocycles. The molecule has 0 aliphatic heterocycles. The first-order valence-corrected chi connectivity index (χ1v) is 7.77. The van der Waals surface area contributed by atoms with Gasteiger partial charge in [0, 0.05) is 23.0 Å². The lowest BCUT2D eigenvalue weighted by Gasteiger charge is -2.18. The van der Waals surface area contributed by atoms with Crippen molar-refractivity contribution in [2.24, 2.45) is 0 Å². The van der Waals surface area contributed by atoms with E-state index in [9.17, 15) is 5.11 Å². The second kappa shape index (κ2) is 7.27. The molecule has 3 nitrogen and oxygen atoms in total. The maximum absolute atomic E-state index is 9.66. The van der Waals surface area contributed by atoms with Crippen LogP contribution < -0.4 is 5.32 Å². The molecule has 23 heavy (non-hydrogen) atoms. The molecule has 0 aliphatic carbocycles. The van der Waals surface area contributed by atoms with Crippen LogP contribution in [0.1, 0.15) is 11.6 Å². The van der Waals surface area contributed by atoms with Crippen LogP contribution in [0.5, 0.6) is 0 Å². The standard InChI is InChI=1S/C19H17ClN2O/c20-17-8-6-14(7-9-17)16-10-18(12-21-11-16)22-19(13-23)15-4-2-1-3-5-15/h1-12,19,22-23H,13H2.